The van der Waals surface area contributed by atoms with Crippen molar-refractivity contribution >= 4 is 15.9 Å². The molecule has 0 aromatic heterocycles. The lowest BCUT2D eigenvalue weighted by Crippen LogP contribution is -2.19. The Morgan fingerprint density at radius 2 is 2.00 bits per heavy atom. The maximum absolute atomic E-state index is 10.8. The van der Waals surface area contributed by atoms with Gasteiger partial charge in [0, 0.05) is 5.56 Å². The molecule has 2 aliphatic carbocycles. The Morgan fingerprint density at radius 3 is 2.55 bits per heavy atom. The Hall–Kier alpha value is -0.740. The second-order valence-corrected chi connectivity index (χ2v) is 6.78. The fourth-order valence-corrected chi connectivity index (χ4v) is 4.75. The first-order valence-corrected chi connectivity index (χ1v) is 8.03. The molecule has 0 heterocycles. The van der Waals surface area contributed by atoms with Crippen molar-refractivity contribution in [2.75, 3.05) is 14.2 Å². The fourth-order valence-electron chi connectivity index (χ4n) is 4.06. The summed E-state index contributed by atoms with van der Waals surface area (Å²) < 4.78 is 11.6. The molecule has 110 valence electrons. The SMILES string of the molecule is COc1ccc(C(O)C2CC3CCC2C3)c(OC)c1Br. The monoisotopic (exact) mass is 340 g/mol. The van der Waals surface area contributed by atoms with Crippen LogP contribution >= 0.6 is 15.9 Å². The van der Waals surface area contributed by atoms with Gasteiger partial charge in [0.05, 0.1) is 20.3 Å². The predicted molar refractivity (Wildman–Crippen MR) is 81.1 cm³/mol. The van der Waals surface area contributed by atoms with E-state index >= 15 is 0 Å². The fraction of sp³-hybridized carbons (Fsp3) is 0.625. The van der Waals surface area contributed by atoms with Gasteiger partial charge in [0.15, 0.2) is 0 Å². The van der Waals surface area contributed by atoms with Gasteiger partial charge in [0.1, 0.15) is 16.0 Å². The average molecular weight is 341 g/mol. The van der Waals surface area contributed by atoms with Gasteiger partial charge in [0.25, 0.3) is 0 Å². The highest BCUT2D eigenvalue weighted by Gasteiger charge is 2.43. The van der Waals surface area contributed by atoms with Gasteiger partial charge in [-0.05, 0) is 65.1 Å². The van der Waals surface area contributed by atoms with Crippen LogP contribution in [0.4, 0.5) is 0 Å². The minimum absolute atomic E-state index is 0.378. The van der Waals surface area contributed by atoms with E-state index in [0.29, 0.717) is 17.6 Å². The second kappa shape index (κ2) is 5.57. The van der Waals surface area contributed by atoms with Crippen LogP contribution in [0, 0.1) is 17.8 Å². The Bertz CT molecular complexity index is 503. The topological polar surface area (TPSA) is 38.7 Å². The van der Waals surface area contributed by atoms with Gasteiger partial charge in [0.2, 0.25) is 0 Å². The zero-order valence-electron chi connectivity index (χ0n) is 11.9. The highest BCUT2D eigenvalue weighted by atomic mass is 79.9. The van der Waals surface area contributed by atoms with Crippen molar-refractivity contribution < 1.29 is 14.6 Å². The van der Waals surface area contributed by atoms with Gasteiger partial charge in [-0.2, -0.15) is 0 Å². The zero-order valence-corrected chi connectivity index (χ0v) is 13.5. The van der Waals surface area contributed by atoms with Gasteiger partial charge in [-0.15, -0.1) is 0 Å². The normalized spacial score (nSPS) is 29.5. The number of halogens is 1. The third-order valence-electron chi connectivity index (χ3n) is 5.03. The molecule has 4 heteroatoms. The van der Waals surface area contributed by atoms with Gasteiger partial charge < -0.3 is 14.6 Å². The third-order valence-corrected chi connectivity index (χ3v) is 5.78. The van der Waals surface area contributed by atoms with Gasteiger partial charge in [-0.1, -0.05) is 6.42 Å². The smallest absolute Gasteiger partial charge is 0.142 e. The summed E-state index contributed by atoms with van der Waals surface area (Å²) >= 11 is 3.51. The molecule has 0 aliphatic heterocycles. The Morgan fingerprint density at radius 1 is 1.20 bits per heavy atom. The first kappa shape index (κ1) is 14.2. The van der Waals surface area contributed by atoms with Crippen molar-refractivity contribution in [3.63, 3.8) is 0 Å². The van der Waals surface area contributed by atoms with E-state index in [4.69, 9.17) is 9.47 Å². The maximum Gasteiger partial charge on any atom is 0.142 e. The molecule has 4 unspecified atom stereocenters. The molecule has 20 heavy (non-hydrogen) atoms. The molecular formula is C16H21BrO3. The molecule has 0 amide bonds. The van der Waals surface area contributed by atoms with Crippen LogP contribution in [0.2, 0.25) is 0 Å². The minimum atomic E-state index is -0.442. The molecule has 0 spiro atoms. The summed E-state index contributed by atoms with van der Waals surface area (Å²) in [7, 11) is 3.27. The lowest BCUT2D eigenvalue weighted by molar-refractivity contribution is 0.0721. The first-order valence-electron chi connectivity index (χ1n) is 7.24. The molecule has 3 rings (SSSR count). The van der Waals surface area contributed by atoms with Crippen LogP contribution < -0.4 is 9.47 Å². The number of ether oxygens (including phenoxy) is 2. The van der Waals surface area contributed by atoms with Crippen LogP contribution in [0.3, 0.4) is 0 Å². The van der Waals surface area contributed by atoms with Crippen molar-refractivity contribution in [1.82, 2.24) is 0 Å². The number of hydrogen-bond acceptors (Lipinski definition) is 3. The number of aliphatic hydroxyl groups excluding tert-OH is 1. The minimum Gasteiger partial charge on any atom is -0.495 e. The summed E-state index contributed by atoms with van der Waals surface area (Å²) in [5, 5.41) is 10.8. The molecule has 0 radical (unpaired) electrons. The lowest BCUT2D eigenvalue weighted by atomic mass is 9.82. The highest BCUT2D eigenvalue weighted by Crippen LogP contribution is 2.54. The molecule has 1 aromatic carbocycles. The molecule has 2 aliphatic rings. The summed E-state index contributed by atoms with van der Waals surface area (Å²) in [5.41, 5.74) is 0.873. The van der Waals surface area contributed by atoms with Crippen molar-refractivity contribution in [2.24, 2.45) is 17.8 Å². The van der Waals surface area contributed by atoms with Crippen LogP contribution in [-0.4, -0.2) is 19.3 Å². The summed E-state index contributed by atoms with van der Waals surface area (Å²) in [4.78, 5) is 0. The standard InChI is InChI=1S/C16H21BrO3/c1-19-13-6-5-11(16(20-2)14(13)17)15(18)12-8-9-3-4-10(12)7-9/h5-6,9-10,12,15,18H,3-4,7-8H2,1-2H3. The van der Waals surface area contributed by atoms with Crippen LogP contribution in [0.15, 0.2) is 16.6 Å². The predicted octanol–water partition coefficient (Wildman–Crippen LogP) is 3.94. The van der Waals surface area contributed by atoms with Gasteiger partial charge in [-0.25, -0.2) is 0 Å². The zero-order chi connectivity index (χ0) is 14.3. The van der Waals surface area contributed by atoms with Crippen molar-refractivity contribution in [2.45, 2.75) is 31.8 Å². The van der Waals surface area contributed by atoms with Gasteiger partial charge in [-0.3, -0.25) is 0 Å². The van der Waals surface area contributed by atoms with E-state index in [-0.39, 0.29) is 0 Å². The van der Waals surface area contributed by atoms with Crippen LogP contribution in [0.5, 0.6) is 11.5 Å². The van der Waals surface area contributed by atoms with Crippen molar-refractivity contribution in [3.05, 3.63) is 22.2 Å². The van der Waals surface area contributed by atoms with Crippen molar-refractivity contribution in [1.29, 1.82) is 0 Å². The summed E-state index contributed by atoms with van der Waals surface area (Å²) in [6.45, 7) is 0. The molecule has 1 N–H and O–H groups in total. The van der Waals surface area contributed by atoms with Crippen molar-refractivity contribution in [3.8, 4) is 11.5 Å². The number of benzene rings is 1. The highest BCUT2D eigenvalue weighted by molar-refractivity contribution is 9.10. The quantitative estimate of drug-likeness (QED) is 0.902. The number of rotatable bonds is 4. The first-order chi connectivity index (χ1) is 9.65. The molecule has 2 fully saturated rings. The summed E-state index contributed by atoms with van der Waals surface area (Å²) in [5.74, 6) is 3.31. The lowest BCUT2D eigenvalue weighted by Gasteiger charge is -2.28. The number of methoxy groups -OCH3 is 2. The maximum atomic E-state index is 10.8. The van der Waals surface area contributed by atoms with E-state index in [1.165, 1.54) is 19.3 Å². The number of aliphatic hydroxyl groups is 1. The third kappa shape index (κ3) is 2.23. The van der Waals surface area contributed by atoms with E-state index in [9.17, 15) is 5.11 Å². The molecular weight excluding hydrogens is 320 g/mol. The number of fused-ring (bicyclic) bond motifs is 2. The van der Waals surface area contributed by atoms with E-state index < -0.39 is 6.10 Å². The van der Waals surface area contributed by atoms with E-state index in [2.05, 4.69) is 15.9 Å². The van der Waals surface area contributed by atoms with Gasteiger partial charge >= 0.3 is 0 Å². The van der Waals surface area contributed by atoms with Crippen LogP contribution in [-0.2, 0) is 0 Å². The summed E-state index contributed by atoms with van der Waals surface area (Å²) in [6, 6.07) is 3.82. The largest absolute Gasteiger partial charge is 0.495 e. The Labute approximate surface area is 128 Å². The number of hydrogen-bond donors (Lipinski definition) is 1. The van der Waals surface area contributed by atoms with Crippen LogP contribution in [0.1, 0.15) is 37.4 Å². The molecule has 2 bridgehead atoms. The van der Waals surface area contributed by atoms with E-state index in [1.807, 2.05) is 12.1 Å². The average Bonchev–Trinajstić information content (AvgIpc) is 3.08. The Kier molecular flexibility index (Phi) is 3.95. The summed E-state index contributed by atoms with van der Waals surface area (Å²) in [6.07, 6.45) is 4.62. The molecule has 4 atom stereocenters. The Balaban J connectivity index is 1.91. The van der Waals surface area contributed by atoms with E-state index in [0.717, 1.165) is 28.1 Å². The molecule has 1 aromatic rings. The van der Waals surface area contributed by atoms with E-state index in [1.54, 1.807) is 14.2 Å². The molecule has 2 saturated carbocycles. The second-order valence-electron chi connectivity index (χ2n) is 5.99. The molecule has 0 saturated heterocycles. The van der Waals surface area contributed by atoms with Crippen LogP contribution in [0.25, 0.3) is 0 Å². The molecule has 3 nitrogen and oxygen atoms in total.